The first-order valence-electron chi connectivity index (χ1n) is 13.1. The first kappa shape index (κ1) is 24.3. The number of benzene rings is 3. The maximum Gasteiger partial charge on any atom is 0.0852 e. The van der Waals surface area contributed by atoms with Crippen molar-refractivity contribution in [3.8, 4) is 22.4 Å². The Balaban J connectivity index is 1.56. The van der Waals surface area contributed by atoms with E-state index in [0.29, 0.717) is 5.92 Å². The summed E-state index contributed by atoms with van der Waals surface area (Å²) >= 11 is 3.74. The third-order valence-electron chi connectivity index (χ3n) is 7.15. The molecule has 3 aromatic carbocycles. The third-order valence-corrected chi connectivity index (χ3v) is 9.41. The first-order chi connectivity index (χ1) is 17.7. The number of rotatable bonds is 4. The molecule has 0 fully saturated rings. The lowest BCUT2D eigenvalue weighted by Crippen LogP contribution is -2.12. The zero-order valence-electron chi connectivity index (χ0n) is 22.5. The molecule has 0 unspecified atom stereocenters. The van der Waals surface area contributed by atoms with Gasteiger partial charge in [-0.05, 0) is 99.3 Å². The summed E-state index contributed by atoms with van der Waals surface area (Å²) in [5.41, 5.74) is 8.56. The normalized spacial score (nSPS) is 12.4. The highest BCUT2D eigenvalue weighted by atomic mass is 32.1. The number of hydrogen-bond acceptors (Lipinski definition) is 3. The molecule has 0 N–H and O–H groups in total. The Kier molecular flexibility index (Phi) is 5.97. The number of fused-ring (bicyclic) bond motifs is 3. The van der Waals surface area contributed by atoms with Crippen LogP contribution in [0.15, 0.2) is 72.1 Å². The Labute approximate surface area is 227 Å². The highest BCUT2D eigenvalue weighted by molar-refractivity contribution is 7.19. The monoisotopic (exact) mass is 519 g/mol. The Bertz CT molecular complexity index is 1780. The van der Waals surface area contributed by atoms with Crippen molar-refractivity contribution in [1.82, 2.24) is 4.98 Å². The number of thiophene rings is 2. The molecule has 0 amide bonds. The molecule has 0 radical (unpaired) electrons. The molecule has 3 aromatic heterocycles. The third kappa shape index (κ3) is 4.49. The minimum atomic E-state index is 0.0402. The van der Waals surface area contributed by atoms with Gasteiger partial charge in [-0.1, -0.05) is 65.0 Å². The second-order valence-corrected chi connectivity index (χ2v) is 13.8. The molecule has 0 saturated heterocycles. The molecule has 0 aliphatic rings. The van der Waals surface area contributed by atoms with Crippen molar-refractivity contribution < 1.29 is 0 Å². The zero-order chi connectivity index (χ0) is 25.9. The molecule has 0 atom stereocenters. The van der Waals surface area contributed by atoms with Gasteiger partial charge in [-0.25, -0.2) is 4.98 Å². The van der Waals surface area contributed by atoms with Crippen LogP contribution in [0.4, 0.5) is 0 Å². The van der Waals surface area contributed by atoms with Crippen molar-refractivity contribution in [3.05, 3.63) is 88.1 Å². The molecule has 6 rings (SSSR count). The number of aromatic nitrogens is 1. The average molecular weight is 520 g/mol. The van der Waals surface area contributed by atoms with E-state index < -0.39 is 0 Å². The summed E-state index contributed by atoms with van der Waals surface area (Å²) in [6.45, 7) is 13.7. The summed E-state index contributed by atoms with van der Waals surface area (Å²) in [6.07, 6.45) is 1.14. The van der Waals surface area contributed by atoms with Gasteiger partial charge in [0.05, 0.1) is 15.9 Å². The summed E-state index contributed by atoms with van der Waals surface area (Å²) in [7, 11) is 0. The average Bonchev–Trinajstić information content (AvgIpc) is 3.43. The van der Waals surface area contributed by atoms with Crippen LogP contribution in [0.25, 0.3) is 53.5 Å². The number of hydrogen-bond donors (Lipinski definition) is 0. The Hall–Kier alpha value is -3.01. The molecule has 186 valence electrons. The predicted molar refractivity (Wildman–Crippen MR) is 165 cm³/mol. The molecule has 1 nitrogen and oxygen atoms in total. The highest BCUT2D eigenvalue weighted by Crippen LogP contribution is 2.41. The van der Waals surface area contributed by atoms with Gasteiger partial charge in [-0.2, -0.15) is 0 Å². The van der Waals surface area contributed by atoms with E-state index in [0.717, 1.165) is 17.6 Å². The summed E-state index contributed by atoms with van der Waals surface area (Å²) in [5, 5.41) is 6.19. The number of nitrogens with zero attached hydrogens (tertiary/aromatic N) is 1. The van der Waals surface area contributed by atoms with Crippen molar-refractivity contribution in [2.75, 3.05) is 0 Å². The summed E-state index contributed by atoms with van der Waals surface area (Å²) in [6, 6.07) is 25.1. The van der Waals surface area contributed by atoms with Crippen LogP contribution in [0.3, 0.4) is 0 Å². The van der Waals surface area contributed by atoms with Crippen LogP contribution in [-0.2, 0) is 11.8 Å². The fourth-order valence-corrected chi connectivity index (χ4v) is 7.62. The van der Waals surface area contributed by atoms with Crippen molar-refractivity contribution in [3.63, 3.8) is 0 Å². The Morgan fingerprint density at radius 1 is 0.865 bits per heavy atom. The van der Waals surface area contributed by atoms with E-state index in [-0.39, 0.29) is 5.41 Å². The second-order valence-electron chi connectivity index (χ2n) is 11.7. The first-order valence-corrected chi connectivity index (χ1v) is 14.8. The van der Waals surface area contributed by atoms with E-state index in [1.165, 1.54) is 58.3 Å². The van der Waals surface area contributed by atoms with E-state index in [1.807, 2.05) is 22.7 Å². The van der Waals surface area contributed by atoms with Crippen LogP contribution >= 0.6 is 22.7 Å². The standard InChI is InChI=1S/C34H33NS2/c1-20(2)13-26-16-25-15-23(11-12-31(25)37-26)28-18-30(35-32-21(3)19-36-33(28)32)24-14-22-9-7-8-10-27(22)29(17-24)34(4,5)6/h7-12,14-20H,13H2,1-6H3. The number of aryl methyl sites for hydroxylation is 1. The molecule has 0 spiro atoms. The lowest BCUT2D eigenvalue weighted by atomic mass is 9.82. The SMILES string of the molecule is Cc1csc2c(-c3ccc4sc(CC(C)C)cc4c3)cc(-c3cc(C(C)(C)C)c4ccccc4c3)nc12. The van der Waals surface area contributed by atoms with Crippen LogP contribution in [0, 0.1) is 12.8 Å². The highest BCUT2D eigenvalue weighted by Gasteiger charge is 2.20. The smallest absolute Gasteiger partial charge is 0.0852 e. The molecule has 3 heteroatoms. The molecular weight excluding hydrogens is 487 g/mol. The van der Waals surface area contributed by atoms with Gasteiger partial charge in [0.15, 0.2) is 0 Å². The lowest BCUT2D eigenvalue weighted by Gasteiger charge is -2.23. The van der Waals surface area contributed by atoms with Gasteiger partial charge >= 0.3 is 0 Å². The van der Waals surface area contributed by atoms with E-state index in [2.05, 4.69) is 114 Å². The van der Waals surface area contributed by atoms with E-state index in [4.69, 9.17) is 4.98 Å². The van der Waals surface area contributed by atoms with Crippen molar-refractivity contribution in [2.45, 2.75) is 53.4 Å². The van der Waals surface area contributed by atoms with Crippen LogP contribution in [-0.4, -0.2) is 4.98 Å². The van der Waals surface area contributed by atoms with Crippen LogP contribution < -0.4 is 0 Å². The van der Waals surface area contributed by atoms with Gasteiger partial charge in [-0.3, -0.25) is 0 Å². The minimum Gasteiger partial charge on any atom is -0.247 e. The molecular formula is C34H33NS2. The second kappa shape index (κ2) is 9.08. The maximum atomic E-state index is 5.23. The fourth-order valence-electron chi connectivity index (χ4n) is 5.33. The molecule has 0 saturated carbocycles. The maximum absolute atomic E-state index is 5.23. The summed E-state index contributed by atoms with van der Waals surface area (Å²) in [5.74, 6) is 0.670. The molecule has 37 heavy (non-hydrogen) atoms. The van der Waals surface area contributed by atoms with Gasteiger partial charge in [0.2, 0.25) is 0 Å². The predicted octanol–water partition coefficient (Wildman–Crippen LogP) is 10.8. The molecule has 0 bridgehead atoms. The van der Waals surface area contributed by atoms with Crippen molar-refractivity contribution in [2.24, 2.45) is 5.92 Å². The van der Waals surface area contributed by atoms with E-state index >= 15 is 0 Å². The summed E-state index contributed by atoms with van der Waals surface area (Å²) < 4.78 is 2.65. The quantitative estimate of drug-likeness (QED) is 0.226. The number of pyridine rings is 1. The largest absolute Gasteiger partial charge is 0.247 e. The van der Waals surface area contributed by atoms with Crippen molar-refractivity contribution >= 4 is 53.7 Å². The minimum absolute atomic E-state index is 0.0402. The summed E-state index contributed by atoms with van der Waals surface area (Å²) in [4.78, 5) is 6.71. The lowest BCUT2D eigenvalue weighted by molar-refractivity contribution is 0.596. The fraction of sp³-hybridized carbons (Fsp3) is 0.265. The van der Waals surface area contributed by atoms with Gasteiger partial charge in [0.1, 0.15) is 0 Å². The van der Waals surface area contributed by atoms with Crippen molar-refractivity contribution in [1.29, 1.82) is 0 Å². The Morgan fingerprint density at radius 3 is 2.43 bits per heavy atom. The van der Waals surface area contributed by atoms with E-state index in [1.54, 1.807) is 0 Å². The van der Waals surface area contributed by atoms with Gasteiger partial charge in [0, 0.05) is 20.7 Å². The van der Waals surface area contributed by atoms with Gasteiger partial charge in [-0.15, -0.1) is 22.7 Å². The van der Waals surface area contributed by atoms with Gasteiger partial charge in [0.25, 0.3) is 0 Å². The van der Waals surface area contributed by atoms with Crippen LogP contribution in [0.2, 0.25) is 0 Å². The molecule has 0 aliphatic carbocycles. The molecule has 6 aromatic rings. The topological polar surface area (TPSA) is 12.9 Å². The zero-order valence-corrected chi connectivity index (χ0v) is 24.1. The molecule has 3 heterocycles. The van der Waals surface area contributed by atoms with Crippen LogP contribution in [0.1, 0.15) is 50.6 Å². The van der Waals surface area contributed by atoms with E-state index in [9.17, 15) is 0 Å². The molecule has 0 aliphatic heterocycles. The van der Waals surface area contributed by atoms with Gasteiger partial charge < -0.3 is 0 Å². The van der Waals surface area contributed by atoms with Crippen LogP contribution in [0.5, 0.6) is 0 Å². The Morgan fingerprint density at radius 2 is 1.65 bits per heavy atom.